The summed E-state index contributed by atoms with van der Waals surface area (Å²) in [5.41, 5.74) is 0. The molecule has 0 aliphatic carbocycles. The molecule has 0 amide bonds. The Hall–Kier alpha value is -1.04. The first-order valence-electron chi connectivity index (χ1n) is 7.62. The molecule has 0 aromatic carbocycles. The van der Waals surface area contributed by atoms with Gasteiger partial charge in [0.05, 0.1) is 0 Å². The zero-order chi connectivity index (χ0) is 14.8. The van der Waals surface area contributed by atoms with Crippen molar-refractivity contribution in [3.8, 4) is 0 Å². The van der Waals surface area contributed by atoms with Crippen molar-refractivity contribution in [2.75, 3.05) is 35.6 Å². The molecule has 1 heterocycles. The fourth-order valence-corrected chi connectivity index (χ4v) is 2.64. The molecule has 0 atom stereocenters. The predicted octanol–water partition coefficient (Wildman–Crippen LogP) is 3.43. The van der Waals surface area contributed by atoms with E-state index in [2.05, 4.69) is 52.9 Å². The van der Waals surface area contributed by atoms with Crippen molar-refractivity contribution in [2.24, 2.45) is 0 Å². The maximum Gasteiger partial charge on any atom is 0.231 e. The van der Waals surface area contributed by atoms with Crippen LogP contribution in [0.4, 0.5) is 11.9 Å². The second kappa shape index (κ2) is 9.80. The minimum Gasteiger partial charge on any atom is -0.354 e. The number of aromatic nitrogens is 3. The Morgan fingerprint density at radius 3 is 2.35 bits per heavy atom. The van der Waals surface area contributed by atoms with Crippen LogP contribution in [0.3, 0.4) is 0 Å². The van der Waals surface area contributed by atoms with E-state index in [4.69, 9.17) is 0 Å². The third-order valence-corrected chi connectivity index (χ3v) is 3.90. The predicted molar refractivity (Wildman–Crippen MR) is 87.8 cm³/mol. The average molecular weight is 297 g/mol. The average Bonchev–Trinajstić information content (AvgIpc) is 2.45. The van der Waals surface area contributed by atoms with Crippen LogP contribution in [0, 0.1) is 0 Å². The molecule has 6 heteroatoms. The minimum absolute atomic E-state index is 0.683. The van der Waals surface area contributed by atoms with Crippen LogP contribution >= 0.6 is 11.8 Å². The van der Waals surface area contributed by atoms with Crippen molar-refractivity contribution in [3.63, 3.8) is 0 Å². The Labute approximate surface area is 127 Å². The second-order valence-electron chi connectivity index (χ2n) is 4.50. The summed E-state index contributed by atoms with van der Waals surface area (Å²) in [5.74, 6) is 2.53. The molecule has 114 valence electrons. The van der Waals surface area contributed by atoms with Crippen LogP contribution in [-0.2, 0) is 0 Å². The SMILES string of the molecule is CCCCCSc1nc(NCC)nc(N(CC)CC)n1. The summed E-state index contributed by atoms with van der Waals surface area (Å²) in [7, 11) is 0. The monoisotopic (exact) mass is 297 g/mol. The van der Waals surface area contributed by atoms with Gasteiger partial charge in [0.15, 0.2) is 5.16 Å². The Morgan fingerprint density at radius 2 is 1.75 bits per heavy atom. The number of anilines is 2. The lowest BCUT2D eigenvalue weighted by molar-refractivity contribution is 0.770. The molecular formula is C14H27N5S. The van der Waals surface area contributed by atoms with Gasteiger partial charge in [-0.15, -0.1) is 0 Å². The highest BCUT2D eigenvalue weighted by Crippen LogP contribution is 2.20. The van der Waals surface area contributed by atoms with E-state index in [0.717, 1.165) is 36.5 Å². The molecule has 1 aromatic heterocycles. The van der Waals surface area contributed by atoms with E-state index < -0.39 is 0 Å². The maximum absolute atomic E-state index is 4.58. The fourth-order valence-electron chi connectivity index (χ4n) is 1.81. The van der Waals surface area contributed by atoms with Crippen LogP contribution in [0.5, 0.6) is 0 Å². The molecule has 0 saturated carbocycles. The van der Waals surface area contributed by atoms with Gasteiger partial charge in [0.2, 0.25) is 11.9 Å². The van der Waals surface area contributed by atoms with Gasteiger partial charge < -0.3 is 10.2 Å². The molecule has 1 aromatic rings. The smallest absolute Gasteiger partial charge is 0.231 e. The Kier molecular flexibility index (Phi) is 8.34. The first-order chi connectivity index (χ1) is 9.74. The second-order valence-corrected chi connectivity index (χ2v) is 5.56. The number of thioether (sulfide) groups is 1. The topological polar surface area (TPSA) is 53.9 Å². The number of nitrogens with one attached hydrogen (secondary N) is 1. The van der Waals surface area contributed by atoms with Crippen molar-refractivity contribution < 1.29 is 0 Å². The third-order valence-electron chi connectivity index (χ3n) is 2.96. The molecule has 1 rings (SSSR count). The molecule has 5 nitrogen and oxygen atoms in total. The Morgan fingerprint density at radius 1 is 1.00 bits per heavy atom. The van der Waals surface area contributed by atoms with E-state index in [9.17, 15) is 0 Å². The molecule has 0 bridgehead atoms. The fraction of sp³-hybridized carbons (Fsp3) is 0.786. The van der Waals surface area contributed by atoms with E-state index in [0.29, 0.717) is 5.95 Å². The van der Waals surface area contributed by atoms with Crippen LogP contribution in [0.25, 0.3) is 0 Å². The highest BCUT2D eigenvalue weighted by atomic mass is 32.2. The third kappa shape index (κ3) is 5.53. The van der Waals surface area contributed by atoms with Crippen molar-refractivity contribution in [1.82, 2.24) is 15.0 Å². The van der Waals surface area contributed by atoms with Crippen LogP contribution in [-0.4, -0.2) is 40.3 Å². The summed E-state index contributed by atoms with van der Waals surface area (Å²) >= 11 is 1.72. The van der Waals surface area contributed by atoms with Gasteiger partial charge >= 0.3 is 0 Å². The number of hydrogen-bond donors (Lipinski definition) is 1. The van der Waals surface area contributed by atoms with Gasteiger partial charge in [0.25, 0.3) is 0 Å². The van der Waals surface area contributed by atoms with Crippen LogP contribution in [0.1, 0.15) is 47.0 Å². The molecule has 0 aliphatic heterocycles. The summed E-state index contributed by atoms with van der Waals surface area (Å²) in [6.07, 6.45) is 3.72. The highest BCUT2D eigenvalue weighted by molar-refractivity contribution is 7.99. The first-order valence-corrected chi connectivity index (χ1v) is 8.61. The Bertz CT molecular complexity index is 382. The number of rotatable bonds is 10. The van der Waals surface area contributed by atoms with Crippen molar-refractivity contribution >= 4 is 23.7 Å². The minimum atomic E-state index is 0.683. The van der Waals surface area contributed by atoms with Crippen LogP contribution < -0.4 is 10.2 Å². The van der Waals surface area contributed by atoms with Gasteiger partial charge in [-0.05, 0) is 27.2 Å². The van der Waals surface area contributed by atoms with Crippen molar-refractivity contribution in [1.29, 1.82) is 0 Å². The van der Waals surface area contributed by atoms with Gasteiger partial charge in [-0.25, -0.2) is 0 Å². The van der Waals surface area contributed by atoms with Gasteiger partial charge in [0.1, 0.15) is 0 Å². The lowest BCUT2D eigenvalue weighted by Crippen LogP contribution is -2.25. The summed E-state index contributed by atoms with van der Waals surface area (Å²) in [4.78, 5) is 15.7. The van der Waals surface area contributed by atoms with Gasteiger partial charge in [-0.1, -0.05) is 31.5 Å². The molecule has 0 radical (unpaired) electrons. The largest absolute Gasteiger partial charge is 0.354 e. The number of unbranched alkanes of at least 4 members (excludes halogenated alkanes) is 2. The molecule has 0 fully saturated rings. The lowest BCUT2D eigenvalue weighted by Gasteiger charge is -2.19. The standard InChI is InChI=1S/C14H27N5S/c1-5-9-10-11-20-14-17-12(15-6-2)16-13(18-14)19(7-3)8-4/h5-11H2,1-4H3,(H,15,16,17,18). The van der Waals surface area contributed by atoms with E-state index in [-0.39, 0.29) is 0 Å². The summed E-state index contributed by atoms with van der Waals surface area (Å²) in [6.45, 7) is 11.1. The quantitative estimate of drug-likeness (QED) is 0.527. The molecule has 1 N–H and O–H groups in total. The van der Waals surface area contributed by atoms with Gasteiger partial charge in [-0.2, -0.15) is 15.0 Å². The van der Waals surface area contributed by atoms with Crippen molar-refractivity contribution in [2.45, 2.75) is 52.1 Å². The van der Waals surface area contributed by atoms with Gasteiger partial charge in [-0.3, -0.25) is 0 Å². The lowest BCUT2D eigenvalue weighted by atomic mass is 10.3. The number of nitrogens with zero attached hydrogens (tertiary/aromatic N) is 4. The normalized spacial score (nSPS) is 10.6. The summed E-state index contributed by atoms with van der Waals surface area (Å²) < 4.78 is 0. The molecule has 20 heavy (non-hydrogen) atoms. The van der Waals surface area contributed by atoms with E-state index in [1.54, 1.807) is 11.8 Å². The molecule has 0 aliphatic rings. The number of hydrogen-bond acceptors (Lipinski definition) is 6. The van der Waals surface area contributed by atoms with Crippen LogP contribution in [0.15, 0.2) is 5.16 Å². The van der Waals surface area contributed by atoms with Gasteiger partial charge in [0, 0.05) is 25.4 Å². The van der Waals surface area contributed by atoms with E-state index in [1.807, 2.05) is 0 Å². The molecular weight excluding hydrogens is 270 g/mol. The summed E-state index contributed by atoms with van der Waals surface area (Å²) in [6, 6.07) is 0. The van der Waals surface area contributed by atoms with Crippen molar-refractivity contribution in [3.05, 3.63) is 0 Å². The molecule has 0 unspecified atom stereocenters. The molecule has 0 spiro atoms. The summed E-state index contributed by atoms with van der Waals surface area (Å²) in [5, 5.41) is 4.02. The molecule has 0 saturated heterocycles. The van der Waals surface area contributed by atoms with E-state index >= 15 is 0 Å². The van der Waals surface area contributed by atoms with Crippen LogP contribution in [0.2, 0.25) is 0 Å². The first kappa shape index (κ1) is 17.0. The zero-order valence-electron chi connectivity index (χ0n) is 13.1. The zero-order valence-corrected chi connectivity index (χ0v) is 14.0. The van der Waals surface area contributed by atoms with E-state index in [1.165, 1.54) is 19.3 Å². The maximum atomic E-state index is 4.58. The Balaban J connectivity index is 2.80. The highest BCUT2D eigenvalue weighted by Gasteiger charge is 2.11.